The summed E-state index contributed by atoms with van der Waals surface area (Å²) >= 11 is 0. The highest BCUT2D eigenvalue weighted by atomic mass is 19.1. The lowest BCUT2D eigenvalue weighted by Gasteiger charge is -2.28. The smallest absolute Gasteiger partial charge is 0.127 e. The third-order valence-corrected chi connectivity index (χ3v) is 6.86. The Morgan fingerprint density at radius 3 is 2.17 bits per heavy atom. The van der Waals surface area contributed by atoms with Crippen molar-refractivity contribution in [2.75, 3.05) is 0 Å². The molecule has 1 aromatic carbocycles. The Bertz CT molecular complexity index is 748. The molecule has 0 atom stereocenters. The van der Waals surface area contributed by atoms with Crippen LogP contribution in [0.15, 0.2) is 30.3 Å². The summed E-state index contributed by atoms with van der Waals surface area (Å²) < 4.78 is 14.3. The van der Waals surface area contributed by atoms with Crippen molar-refractivity contribution in [3.05, 3.63) is 47.4 Å². The second kappa shape index (κ2) is 12.2. The largest absolute Gasteiger partial charge is 0.207 e. The van der Waals surface area contributed by atoms with Crippen LogP contribution in [0, 0.1) is 17.7 Å². The number of aryl methyl sites for hydroxylation is 2. The van der Waals surface area contributed by atoms with Gasteiger partial charge in [-0.2, -0.15) is 10.2 Å². The molecule has 0 radical (unpaired) electrons. The lowest BCUT2D eigenvalue weighted by atomic mass is 9.78. The monoisotopic (exact) mass is 410 g/mol. The molecule has 30 heavy (non-hydrogen) atoms. The van der Waals surface area contributed by atoms with Crippen LogP contribution in [0.5, 0.6) is 0 Å². The quantitative estimate of drug-likeness (QED) is 0.351. The van der Waals surface area contributed by atoms with E-state index in [1.165, 1.54) is 57.8 Å². The van der Waals surface area contributed by atoms with Gasteiger partial charge in [-0.25, -0.2) is 4.39 Å². The molecule has 2 aromatic rings. The van der Waals surface area contributed by atoms with Gasteiger partial charge in [0.05, 0.1) is 11.4 Å². The van der Waals surface area contributed by atoms with Gasteiger partial charge in [0.1, 0.15) is 5.82 Å². The Labute approximate surface area is 182 Å². The number of benzene rings is 1. The van der Waals surface area contributed by atoms with Crippen LogP contribution in [-0.4, -0.2) is 10.2 Å². The number of nitrogens with zero attached hydrogens (tertiary/aromatic N) is 2. The third kappa shape index (κ3) is 6.89. The van der Waals surface area contributed by atoms with E-state index in [1.54, 1.807) is 6.07 Å². The van der Waals surface area contributed by atoms with Gasteiger partial charge < -0.3 is 0 Å². The lowest BCUT2D eigenvalue weighted by Crippen LogP contribution is -2.15. The van der Waals surface area contributed by atoms with Gasteiger partial charge in [-0.1, -0.05) is 83.8 Å². The molecule has 164 valence electrons. The van der Waals surface area contributed by atoms with Gasteiger partial charge in [0.15, 0.2) is 0 Å². The number of halogens is 1. The van der Waals surface area contributed by atoms with Crippen molar-refractivity contribution in [2.45, 2.75) is 97.3 Å². The summed E-state index contributed by atoms with van der Waals surface area (Å²) in [4.78, 5) is 0. The van der Waals surface area contributed by atoms with Crippen LogP contribution in [-0.2, 0) is 12.8 Å². The van der Waals surface area contributed by atoms with Crippen LogP contribution >= 0.6 is 0 Å². The van der Waals surface area contributed by atoms with Crippen molar-refractivity contribution in [1.29, 1.82) is 0 Å². The van der Waals surface area contributed by atoms with Crippen LogP contribution in [0.1, 0.15) is 95.7 Å². The molecule has 1 aromatic heterocycles. The molecule has 0 unspecified atom stereocenters. The molecule has 0 aliphatic heterocycles. The zero-order chi connectivity index (χ0) is 21.2. The van der Waals surface area contributed by atoms with Gasteiger partial charge in [0.2, 0.25) is 0 Å². The average molecular weight is 411 g/mol. The van der Waals surface area contributed by atoms with E-state index in [-0.39, 0.29) is 5.82 Å². The maximum atomic E-state index is 14.3. The molecule has 0 amide bonds. The van der Waals surface area contributed by atoms with Gasteiger partial charge in [-0.3, -0.25) is 0 Å². The Balaban J connectivity index is 1.46. The maximum absolute atomic E-state index is 14.3. The van der Waals surface area contributed by atoms with Gasteiger partial charge in [0.25, 0.3) is 0 Å². The minimum absolute atomic E-state index is 0.128. The molecule has 3 rings (SSSR count). The Morgan fingerprint density at radius 1 is 0.800 bits per heavy atom. The van der Waals surface area contributed by atoms with E-state index in [4.69, 9.17) is 0 Å². The average Bonchev–Trinajstić information content (AvgIpc) is 2.78. The van der Waals surface area contributed by atoms with Crippen molar-refractivity contribution in [3.63, 3.8) is 0 Å². The number of rotatable bonds is 11. The summed E-state index contributed by atoms with van der Waals surface area (Å²) in [5.74, 6) is 1.69. The molecule has 1 fully saturated rings. The fourth-order valence-electron chi connectivity index (χ4n) is 4.77. The van der Waals surface area contributed by atoms with Gasteiger partial charge in [-0.05, 0) is 61.3 Å². The molecule has 1 aliphatic carbocycles. The molecule has 0 spiro atoms. The Hall–Kier alpha value is -1.77. The van der Waals surface area contributed by atoms with Crippen molar-refractivity contribution in [3.8, 4) is 11.3 Å². The standard InChI is InChI=1S/C27H39FN2/c1-3-5-7-8-21-10-12-22(13-11-21)14-17-25-18-19-27(30-29-25)24-16-15-23(9-6-4-2)26(28)20-24/h15-16,18-22H,3-14,17H2,1-2H3. The first kappa shape index (κ1) is 22.9. The molecule has 0 bridgehead atoms. The first-order chi connectivity index (χ1) is 14.7. The Kier molecular flexibility index (Phi) is 9.29. The van der Waals surface area contributed by atoms with Crippen molar-refractivity contribution in [2.24, 2.45) is 11.8 Å². The third-order valence-electron chi connectivity index (χ3n) is 6.86. The molecule has 0 saturated heterocycles. The molecule has 1 saturated carbocycles. The first-order valence-corrected chi connectivity index (χ1v) is 12.3. The fraction of sp³-hybridized carbons (Fsp3) is 0.630. The highest BCUT2D eigenvalue weighted by Crippen LogP contribution is 2.34. The van der Waals surface area contributed by atoms with E-state index < -0.39 is 0 Å². The normalized spacial score (nSPS) is 19.2. The maximum Gasteiger partial charge on any atom is 0.127 e. The first-order valence-electron chi connectivity index (χ1n) is 12.3. The van der Waals surface area contributed by atoms with Gasteiger partial charge in [0, 0.05) is 5.56 Å². The molecular weight excluding hydrogens is 371 g/mol. The van der Waals surface area contributed by atoms with Crippen molar-refractivity contribution < 1.29 is 4.39 Å². The van der Waals surface area contributed by atoms with E-state index in [0.29, 0.717) is 0 Å². The van der Waals surface area contributed by atoms with E-state index in [2.05, 4.69) is 30.1 Å². The van der Waals surface area contributed by atoms with E-state index in [0.717, 1.165) is 60.0 Å². The van der Waals surface area contributed by atoms with E-state index in [1.807, 2.05) is 18.2 Å². The lowest BCUT2D eigenvalue weighted by molar-refractivity contribution is 0.248. The predicted molar refractivity (Wildman–Crippen MR) is 124 cm³/mol. The van der Waals surface area contributed by atoms with Crippen LogP contribution in [0.4, 0.5) is 4.39 Å². The van der Waals surface area contributed by atoms with Gasteiger partial charge >= 0.3 is 0 Å². The van der Waals surface area contributed by atoms with Crippen LogP contribution in [0.25, 0.3) is 11.3 Å². The molecule has 2 nitrogen and oxygen atoms in total. The molecule has 1 heterocycles. The molecule has 0 N–H and O–H groups in total. The minimum Gasteiger partial charge on any atom is -0.207 e. The number of aromatic nitrogens is 2. The summed E-state index contributed by atoms with van der Waals surface area (Å²) in [6.45, 7) is 4.41. The number of hydrogen-bond donors (Lipinski definition) is 0. The Morgan fingerprint density at radius 2 is 1.53 bits per heavy atom. The molecule has 1 aliphatic rings. The molecular formula is C27H39FN2. The number of unbranched alkanes of at least 4 members (excludes halogenated alkanes) is 3. The SMILES string of the molecule is CCCCCC1CCC(CCc2ccc(-c3ccc(CCCC)c(F)c3)nn2)CC1. The van der Waals surface area contributed by atoms with E-state index in [9.17, 15) is 4.39 Å². The minimum atomic E-state index is -0.128. The zero-order valence-corrected chi connectivity index (χ0v) is 19.0. The topological polar surface area (TPSA) is 25.8 Å². The van der Waals surface area contributed by atoms with Crippen molar-refractivity contribution in [1.82, 2.24) is 10.2 Å². The highest BCUT2D eigenvalue weighted by molar-refractivity contribution is 5.59. The summed E-state index contributed by atoms with van der Waals surface area (Å²) in [5, 5.41) is 8.82. The highest BCUT2D eigenvalue weighted by Gasteiger charge is 2.20. The van der Waals surface area contributed by atoms with Crippen LogP contribution < -0.4 is 0 Å². The van der Waals surface area contributed by atoms with Crippen LogP contribution in [0.3, 0.4) is 0 Å². The van der Waals surface area contributed by atoms with Crippen molar-refractivity contribution >= 4 is 0 Å². The van der Waals surface area contributed by atoms with Gasteiger partial charge in [-0.15, -0.1) is 0 Å². The second-order valence-electron chi connectivity index (χ2n) is 9.24. The summed E-state index contributed by atoms with van der Waals surface area (Å²) in [6.07, 6.45) is 16.3. The van der Waals surface area contributed by atoms with Crippen LogP contribution in [0.2, 0.25) is 0 Å². The summed E-state index contributed by atoms with van der Waals surface area (Å²) in [7, 11) is 0. The number of hydrogen-bond acceptors (Lipinski definition) is 2. The second-order valence-corrected chi connectivity index (χ2v) is 9.24. The van der Waals surface area contributed by atoms with E-state index >= 15 is 0 Å². The zero-order valence-electron chi connectivity index (χ0n) is 19.0. The predicted octanol–water partition coefficient (Wildman–Crippen LogP) is 7.94. The summed E-state index contributed by atoms with van der Waals surface area (Å²) in [5.41, 5.74) is 3.43. The summed E-state index contributed by atoms with van der Waals surface area (Å²) in [6, 6.07) is 9.54. The molecule has 3 heteroatoms. The fourth-order valence-corrected chi connectivity index (χ4v) is 4.77.